The van der Waals surface area contributed by atoms with Crippen LogP contribution in [0.15, 0.2) is 42.5 Å². The van der Waals surface area contributed by atoms with Crippen LogP contribution in [0.25, 0.3) is 0 Å². The number of ether oxygens (including phenoxy) is 1. The van der Waals surface area contributed by atoms with Gasteiger partial charge in [0.2, 0.25) is 0 Å². The molecule has 27 heavy (non-hydrogen) atoms. The Labute approximate surface area is 156 Å². The Morgan fingerprint density at radius 2 is 1.74 bits per heavy atom. The van der Waals surface area contributed by atoms with Crippen molar-refractivity contribution >= 4 is 11.9 Å². The van der Waals surface area contributed by atoms with Crippen LogP contribution in [0.5, 0.6) is 5.75 Å². The molecule has 142 valence electrons. The molecule has 2 aromatic carbocycles. The van der Waals surface area contributed by atoms with Gasteiger partial charge in [-0.15, -0.1) is 0 Å². The molecule has 0 unspecified atom stereocenters. The Morgan fingerprint density at radius 3 is 2.33 bits per heavy atom. The lowest BCUT2D eigenvalue weighted by Crippen LogP contribution is -2.41. The molecule has 0 N–H and O–H groups in total. The van der Waals surface area contributed by atoms with Gasteiger partial charge in [-0.2, -0.15) is 0 Å². The van der Waals surface area contributed by atoms with Gasteiger partial charge in [-0.3, -0.25) is 9.59 Å². The van der Waals surface area contributed by atoms with Crippen molar-refractivity contribution in [1.29, 1.82) is 0 Å². The summed E-state index contributed by atoms with van der Waals surface area (Å²) in [6.45, 7) is 2.70. The summed E-state index contributed by atoms with van der Waals surface area (Å²) in [6.07, 6.45) is 1.80. The summed E-state index contributed by atoms with van der Waals surface area (Å²) in [5, 5.41) is 0. The van der Waals surface area contributed by atoms with Crippen molar-refractivity contribution in [2.45, 2.75) is 26.2 Å². The topological polar surface area (TPSA) is 46.6 Å². The zero-order valence-electron chi connectivity index (χ0n) is 15.1. The molecule has 1 saturated heterocycles. The summed E-state index contributed by atoms with van der Waals surface area (Å²) in [7, 11) is 0. The summed E-state index contributed by atoms with van der Waals surface area (Å²) in [5.74, 6) is -2.22. The highest BCUT2D eigenvalue weighted by Crippen LogP contribution is 2.23. The lowest BCUT2D eigenvalue weighted by molar-refractivity contribution is -0.140. The maximum absolute atomic E-state index is 13.8. The van der Waals surface area contributed by atoms with E-state index >= 15 is 0 Å². The molecule has 0 aliphatic carbocycles. The standard InChI is InChI=1S/C21H21F2NO3/c1-2-14-3-6-17(7-4-14)27-21(26)15-9-11-24(12-10-15)20(25)18-8-5-16(22)13-19(18)23/h3-8,13,15H,2,9-12H2,1H3. The Bertz CT molecular complexity index is 828. The first-order chi connectivity index (χ1) is 13.0. The Balaban J connectivity index is 1.56. The second-order valence-corrected chi connectivity index (χ2v) is 6.61. The first-order valence-corrected chi connectivity index (χ1v) is 9.03. The van der Waals surface area contributed by atoms with Crippen LogP contribution in [0.3, 0.4) is 0 Å². The number of carbonyl (C=O) groups is 2. The molecule has 0 radical (unpaired) electrons. The van der Waals surface area contributed by atoms with Crippen molar-refractivity contribution < 1.29 is 23.1 Å². The molecular weight excluding hydrogens is 352 g/mol. The number of nitrogens with zero attached hydrogens (tertiary/aromatic N) is 1. The molecular formula is C21H21F2NO3. The van der Waals surface area contributed by atoms with E-state index in [1.165, 1.54) is 4.90 Å². The van der Waals surface area contributed by atoms with E-state index in [2.05, 4.69) is 0 Å². The van der Waals surface area contributed by atoms with Crippen LogP contribution in [0.2, 0.25) is 0 Å². The van der Waals surface area contributed by atoms with Gasteiger partial charge in [-0.1, -0.05) is 19.1 Å². The molecule has 1 amide bonds. The Morgan fingerprint density at radius 1 is 1.07 bits per heavy atom. The van der Waals surface area contributed by atoms with Crippen LogP contribution in [0, 0.1) is 17.6 Å². The maximum atomic E-state index is 13.8. The monoisotopic (exact) mass is 373 g/mol. The van der Waals surface area contributed by atoms with Crippen molar-refractivity contribution in [3.63, 3.8) is 0 Å². The zero-order valence-corrected chi connectivity index (χ0v) is 15.1. The molecule has 1 fully saturated rings. The smallest absolute Gasteiger partial charge is 0.314 e. The number of halogens is 2. The summed E-state index contributed by atoms with van der Waals surface area (Å²) >= 11 is 0. The Kier molecular flexibility index (Phi) is 5.84. The number of hydrogen-bond donors (Lipinski definition) is 0. The first kappa shape index (κ1) is 19.0. The van der Waals surface area contributed by atoms with Gasteiger partial charge < -0.3 is 9.64 Å². The highest BCUT2D eigenvalue weighted by molar-refractivity contribution is 5.94. The SMILES string of the molecule is CCc1ccc(OC(=O)C2CCN(C(=O)c3ccc(F)cc3F)CC2)cc1. The highest BCUT2D eigenvalue weighted by Gasteiger charge is 2.30. The summed E-state index contributed by atoms with van der Waals surface area (Å²) in [6, 6.07) is 10.3. The van der Waals surface area contributed by atoms with E-state index in [1.807, 2.05) is 19.1 Å². The van der Waals surface area contributed by atoms with Gasteiger partial charge in [0.05, 0.1) is 11.5 Å². The minimum Gasteiger partial charge on any atom is -0.426 e. The second kappa shape index (κ2) is 8.29. The van der Waals surface area contributed by atoms with E-state index in [0.29, 0.717) is 37.7 Å². The third-order valence-corrected chi connectivity index (χ3v) is 4.83. The van der Waals surface area contributed by atoms with Gasteiger partial charge in [0.15, 0.2) is 0 Å². The zero-order chi connectivity index (χ0) is 19.4. The minimum atomic E-state index is -0.878. The van der Waals surface area contributed by atoms with E-state index in [9.17, 15) is 18.4 Å². The number of likely N-dealkylation sites (tertiary alicyclic amines) is 1. The van der Waals surface area contributed by atoms with Crippen LogP contribution < -0.4 is 4.74 Å². The molecule has 0 saturated carbocycles. The molecule has 6 heteroatoms. The quantitative estimate of drug-likeness (QED) is 0.602. The van der Waals surface area contributed by atoms with Gasteiger partial charge in [-0.25, -0.2) is 8.78 Å². The van der Waals surface area contributed by atoms with E-state index in [1.54, 1.807) is 12.1 Å². The summed E-state index contributed by atoms with van der Waals surface area (Å²) < 4.78 is 32.2. The molecule has 0 atom stereocenters. The van der Waals surface area contributed by atoms with Crippen LogP contribution in [0.1, 0.15) is 35.7 Å². The predicted molar refractivity (Wildman–Crippen MR) is 96.4 cm³/mol. The normalized spacial score (nSPS) is 14.9. The van der Waals surface area contributed by atoms with Crippen molar-refractivity contribution in [2.24, 2.45) is 5.92 Å². The number of esters is 1. The molecule has 1 heterocycles. The number of hydrogen-bond acceptors (Lipinski definition) is 3. The van der Waals surface area contributed by atoms with E-state index in [0.717, 1.165) is 24.1 Å². The van der Waals surface area contributed by atoms with Crippen LogP contribution in [0.4, 0.5) is 8.78 Å². The lowest BCUT2D eigenvalue weighted by atomic mass is 9.96. The number of amides is 1. The molecule has 4 nitrogen and oxygen atoms in total. The van der Waals surface area contributed by atoms with Crippen LogP contribution in [-0.4, -0.2) is 29.9 Å². The van der Waals surface area contributed by atoms with Crippen molar-refractivity contribution in [3.05, 3.63) is 65.2 Å². The fraction of sp³-hybridized carbons (Fsp3) is 0.333. The van der Waals surface area contributed by atoms with Crippen molar-refractivity contribution in [3.8, 4) is 5.75 Å². The van der Waals surface area contributed by atoms with Gasteiger partial charge in [0.25, 0.3) is 5.91 Å². The molecule has 1 aliphatic rings. The lowest BCUT2D eigenvalue weighted by Gasteiger charge is -2.31. The van der Waals surface area contributed by atoms with Crippen molar-refractivity contribution in [2.75, 3.05) is 13.1 Å². The number of rotatable bonds is 4. The maximum Gasteiger partial charge on any atom is 0.314 e. The number of aryl methyl sites for hydroxylation is 1. The summed E-state index contributed by atoms with van der Waals surface area (Å²) in [5.41, 5.74) is 1.00. The average molecular weight is 373 g/mol. The fourth-order valence-electron chi connectivity index (χ4n) is 3.14. The van der Waals surface area contributed by atoms with Gasteiger partial charge >= 0.3 is 5.97 Å². The molecule has 2 aromatic rings. The number of piperidine rings is 1. The molecule has 0 aromatic heterocycles. The fourth-order valence-corrected chi connectivity index (χ4v) is 3.14. The molecule has 0 bridgehead atoms. The number of benzene rings is 2. The average Bonchev–Trinajstić information content (AvgIpc) is 2.68. The van der Waals surface area contributed by atoms with Crippen molar-refractivity contribution in [1.82, 2.24) is 4.90 Å². The highest BCUT2D eigenvalue weighted by atomic mass is 19.1. The van der Waals surface area contributed by atoms with Gasteiger partial charge in [-0.05, 0) is 49.1 Å². The molecule has 0 spiro atoms. The third-order valence-electron chi connectivity index (χ3n) is 4.83. The molecule has 3 rings (SSSR count). The van der Waals surface area contributed by atoms with Crippen LogP contribution in [-0.2, 0) is 11.2 Å². The van der Waals surface area contributed by atoms with E-state index < -0.39 is 17.5 Å². The largest absolute Gasteiger partial charge is 0.426 e. The predicted octanol–water partition coefficient (Wildman–Crippen LogP) is 3.99. The van der Waals surface area contributed by atoms with E-state index in [4.69, 9.17) is 4.74 Å². The van der Waals surface area contributed by atoms with Gasteiger partial charge in [0, 0.05) is 19.2 Å². The first-order valence-electron chi connectivity index (χ1n) is 9.03. The minimum absolute atomic E-state index is 0.159. The molecule has 1 aliphatic heterocycles. The number of carbonyl (C=O) groups excluding carboxylic acids is 2. The second-order valence-electron chi connectivity index (χ2n) is 6.61. The van der Waals surface area contributed by atoms with Gasteiger partial charge in [0.1, 0.15) is 17.4 Å². The van der Waals surface area contributed by atoms with Crippen LogP contribution >= 0.6 is 0 Å². The third kappa shape index (κ3) is 4.51. The van der Waals surface area contributed by atoms with E-state index in [-0.39, 0.29) is 17.5 Å². The summed E-state index contributed by atoms with van der Waals surface area (Å²) in [4.78, 5) is 26.2. The Hall–Kier alpha value is -2.76.